The van der Waals surface area contributed by atoms with E-state index in [2.05, 4.69) is 20.9 Å². The molecule has 8 N–H and O–H groups in total. The fourth-order valence-corrected chi connectivity index (χ4v) is 3.41. The molecule has 2 aromatic rings. The smallest absolute Gasteiger partial charge is 0.326 e. The van der Waals surface area contributed by atoms with Crippen molar-refractivity contribution in [2.75, 3.05) is 6.54 Å². The maximum atomic E-state index is 12.7. The topological polar surface area (TPSA) is 187 Å². The summed E-state index contributed by atoms with van der Waals surface area (Å²) in [6.45, 7) is 4.48. The predicted molar refractivity (Wildman–Crippen MR) is 126 cm³/mol. The molecule has 0 saturated heterocycles. The van der Waals surface area contributed by atoms with Gasteiger partial charge in [0.1, 0.15) is 18.1 Å². The highest BCUT2D eigenvalue weighted by Crippen LogP contribution is 2.19. The van der Waals surface area contributed by atoms with Gasteiger partial charge in [0.05, 0.1) is 12.6 Å². The molecule has 0 aliphatic carbocycles. The van der Waals surface area contributed by atoms with E-state index in [-0.39, 0.29) is 12.3 Å². The van der Waals surface area contributed by atoms with Crippen LogP contribution in [0.3, 0.4) is 0 Å². The molecular formula is C23H33N5O6. The van der Waals surface area contributed by atoms with E-state index in [4.69, 9.17) is 5.73 Å². The molecule has 3 amide bonds. The lowest BCUT2D eigenvalue weighted by Crippen LogP contribution is -2.57. The van der Waals surface area contributed by atoms with Crippen LogP contribution in [0.4, 0.5) is 0 Å². The third kappa shape index (κ3) is 7.03. The van der Waals surface area contributed by atoms with Crippen molar-refractivity contribution >= 4 is 34.6 Å². The Hall–Kier alpha value is -3.44. The minimum atomic E-state index is -1.21. The SMILES string of the molecule is CCC(C)C(NC(=O)C(N)C(C)O)C(=O)NCC(=O)NC(Cc1c[nH]c2ccccc12)C(=O)O. The maximum Gasteiger partial charge on any atom is 0.326 e. The molecule has 1 aromatic heterocycles. The number of benzene rings is 1. The highest BCUT2D eigenvalue weighted by atomic mass is 16.4. The van der Waals surface area contributed by atoms with Crippen LogP contribution < -0.4 is 21.7 Å². The number of hydrogen-bond acceptors (Lipinski definition) is 6. The summed E-state index contributed by atoms with van der Waals surface area (Å²) in [5, 5.41) is 27.3. The number of H-pyrrole nitrogens is 1. The van der Waals surface area contributed by atoms with Crippen LogP contribution in [-0.2, 0) is 25.6 Å². The van der Waals surface area contributed by atoms with Crippen molar-refractivity contribution in [3.8, 4) is 0 Å². The van der Waals surface area contributed by atoms with Crippen molar-refractivity contribution in [2.24, 2.45) is 11.7 Å². The number of hydrogen-bond donors (Lipinski definition) is 7. The Kier molecular flexibility index (Phi) is 9.58. The van der Waals surface area contributed by atoms with E-state index in [0.717, 1.165) is 16.5 Å². The minimum absolute atomic E-state index is 0.0574. The Morgan fingerprint density at radius 2 is 1.76 bits per heavy atom. The molecule has 2 rings (SSSR count). The largest absolute Gasteiger partial charge is 0.480 e. The first kappa shape index (κ1) is 26.8. The molecule has 186 valence electrons. The number of carbonyl (C=O) groups is 4. The van der Waals surface area contributed by atoms with E-state index >= 15 is 0 Å². The Balaban J connectivity index is 1.98. The van der Waals surface area contributed by atoms with Gasteiger partial charge in [-0.15, -0.1) is 0 Å². The monoisotopic (exact) mass is 475 g/mol. The van der Waals surface area contributed by atoms with Crippen LogP contribution in [0, 0.1) is 5.92 Å². The Morgan fingerprint density at radius 3 is 2.38 bits per heavy atom. The molecule has 0 fully saturated rings. The molecule has 0 spiro atoms. The number of rotatable bonds is 12. The first-order chi connectivity index (χ1) is 16.0. The van der Waals surface area contributed by atoms with Crippen molar-refractivity contribution in [3.05, 3.63) is 36.0 Å². The summed E-state index contributed by atoms with van der Waals surface area (Å²) in [5.41, 5.74) is 7.22. The van der Waals surface area contributed by atoms with E-state index in [1.54, 1.807) is 13.1 Å². The Labute approximate surface area is 197 Å². The second-order valence-corrected chi connectivity index (χ2v) is 8.38. The summed E-state index contributed by atoms with van der Waals surface area (Å²) in [6.07, 6.45) is 1.21. The van der Waals surface area contributed by atoms with Crippen LogP contribution in [0.2, 0.25) is 0 Å². The van der Waals surface area contributed by atoms with Gasteiger partial charge in [-0.05, 0) is 24.5 Å². The van der Waals surface area contributed by atoms with Crippen LogP contribution in [-0.4, -0.2) is 69.7 Å². The highest BCUT2D eigenvalue weighted by Gasteiger charge is 2.30. The van der Waals surface area contributed by atoms with Crippen molar-refractivity contribution in [1.82, 2.24) is 20.9 Å². The van der Waals surface area contributed by atoms with Crippen LogP contribution in [0.15, 0.2) is 30.5 Å². The lowest BCUT2D eigenvalue weighted by Gasteiger charge is -2.25. The van der Waals surface area contributed by atoms with Crippen molar-refractivity contribution < 1.29 is 29.4 Å². The second kappa shape index (κ2) is 12.1. The first-order valence-electron chi connectivity index (χ1n) is 11.1. The number of aliphatic carboxylic acids is 1. The van der Waals surface area contributed by atoms with Gasteiger partial charge in [-0.1, -0.05) is 38.5 Å². The van der Waals surface area contributed by atoms with Gasteiger partial charge in [-0.3, -0.25) is 14.4 Å². The summed E-state index contributed by atoms with van der Waals surface area (Å²) in [4.78, 5) is 52.1. The number of nitrogens with two attached hydrogens (primary N) is 1. The van der Waals surface area contributed by atoms with Gasteiger partial charge in [-0.25, -0.2) is 4.79 Å². The summed E-state index contributed by atoms with van der Waals surface area (Å²) in [5.74, 6) is -3.47. The molecule has 0 saturated carbocycles. The van der Waals surface area contributed by atoms with Gasteiger partial charge < -0.3 is 36.9 Å². The van der Waals surface area contributed by atoms with E-state index in [1.165, 1.54) is 6.92 Å². The van der Waals surface area contributed by atoms with Gasteiger partial charge in [0, 0.05) is 23.5 Å². The first-order valence-corrected chi connectivity index (χ1v) is 11.1. The molecule has 1 aromatic carbocycles. The maximum absolute atomic E-state index is 12.7. The molecule has 0 aliphatic heterocycles. The molecule has 11 nitrogen and oxygen atoms in total. The van der Waals surface area contributed by atoms with Crippen LogP contribution in [0.1, 0.15) is 32.8 Å². The standard InChI is InChI=1S/C23H33N5O6/c1-4-12(2)20(28-21(31)19(24)13(3)29)22(32)26-11-18(30)27-17(23(33)34)9-14-10-25-16-8-6-5-7-15(14)16/h5-8,10,12-13,17,19-20,25,29H,4,9,11,24H2,1-3H3,(H,26,32)(H,27,30)(H,28,31)(H,33,34). The lowest BCUT2D eigenvalue weighted by molar-refractivity contribution is -0.141. The summed E-state index contributed by atoms with van der Waals surface area (Å²) in [7, 11) is 0. The number of carbonyl (C=O) groups excluding carboxylic acids is 3. The van der Waals surface area contributed by atoms with Crippen molar-refractivity contribution in [3.63, 3.8) is 0 Å². The number of carboxylic acids is 1. The molecule has 0 aliphatic rings. The number of aliphatic hydroxyl groups is 1. The zero-order valence-electron chi connectivity index (χ0n) is 19.5. The minimum Gasteiger partial charge on any atom is -0.480 e. The zero-order valence-corrected chi connectivity index (χ0v) is 19.5. The number of nitrogens with one attached hydrogen (secondary N) is 4. The van der Waals surface area contributed by atoms with Crippen LogP contribution in [0.5, 0.6) is 0 Å². The van der Waals surface area contributed by atoms with E-state index in [0.29, 0.717) is 6.42 Å². The quantitative estimate of drug-likeness (QED) is 0.218. The normalized spacial score (nSPS) is 15.6. The van der Waals surface area contributed by atoms with Gasteiger partial charge in [0.2, 0.25) is 17.7 Å². The number of amides is 3. The molecule has 34 heavy (non-hydrogen) atoms. The average Bonchev–Trinajstić information content (AvgIpc) is 3.22. The molecule has 5 unspecified atom stereocenters. The van der Waals surface area contributed by atoms with E-state index < -0.39 is 54.5 Å². The van der Waals surface area contributed by atoms with Crippen molar-refractivity contribution in [2.45, 2.75) is 57.8 Å². The molecule has 0 bridgehead atoms. The fourth-order valence-electron chi connectivity index (χ4n) is 3.41. The summed E-state index contributed by atoms with van der Waals surface area (Å²) < 4.78 is 0. The van der Waals surface area contributed by atoms with E-state index in [9.17, 15) is 29.4 Å². The number of aromatic amines is 1. The molecule has 1 heterocycles. The third-order valence-corrected chi connectivity index (χ3v) is 5.77. The third-order valence-electron chi connectivity index (χ3n) is 5.77. The number of carboxylic acid groups (broad SMARTS) is 1. The fraction of sp³-hybridized carbons (Fsp3) is 0.478. The molecule has 0 radical (unpaired) electrons. The molecule has 5 atom stereocenters. The second-order valence-electron chi connectivity index (χ2n) is 8.38. The number of aromatic nitrogens is 1. The van der Waals surface area contributed by atoms with E-state index in [1.807, 2.05) is 31.2 Å². The van der Waals surface area contributed by atoms with Gasteiger partial charge in [-0.2, -0.15) is 0 Å². The van der Waals surface area contributed by atoms with Crippen molar-refractivity contribution in [1.29, 1.82) is 0 Å². The molecule has 11 heteroatoms. The number of fused-ring (bicyclic) bond motifs is 1. The van der Waals surface area contributed by atoms with Gasteiger partial charge >= 0.3 is 5.97 Å². The van der Waals surface area contributed by atoms with Crippen LogP contribution in [0.25, 0.3) is 10.9 Å². The highest BCUT2D eigenvalue weighted by molar-refractivity contribution is 5.93. The van der Waals surface area contributed by atoms with Crippen LogP contribution >= 0.6 is 0 Å². The summed E-state index contributed by atoms with van der Waals surface area (Å²) in [6, 6.07) is 4.04. The molecular weight excluding hydrogens is 442 g/mol. The zero-order chi connectivity index (χ0) is 25.4. The van der Waals surface area contributed by atoms with Gasteiger partial charge in [0.15, 0.2) is 0 Å². The lowest BCUT2D eigenvalue weighted by atomic mass is 9.97. The predicted octanol–water partition coefficient (Wildman–Crippen LogP) is -0.365. The Bertz CT molecular complexity index is 1020. The Morgan fingerprint density at radius 1 is 1.09 bits per heavy atom. The average molecular weight is 476 g/mol. The number of para-hydroxylation sites is 1. The summed E-state index contributed by atoms with van der Waals surface area (Å²) >= 11 is 0. The number of aliphatic hydroxyl groups excluding tert-OH is 1. The van der Waals surface area contributed by atoms with Gasteiger partial charge in [0.25, 0.3) is 0 Å².